The van der Waals surface area contributed by atoms with Gasteiger partial charge in [-0.2, -0.15) is 0 Å². The van der Waals surface area contributed by atoms with Crippen LogP contribution in [0.4, 0.5) is 5.69 Å². The molecule has 20 heavy (non-hydrogen) atoms. The summed E-state index contributed by atoms with van der Waals surface area (Å²) in [5.41, 5.74) is 4.62. The van der Waals surface area contributed by atoms with Crippen LogP contribution in [0.3, 0.4) is 0 Å². The van der Waals surface area contributed by atoms with Gasteiger partial charge in [0.05, 0.1) is 17.1 Å². The number of imidazole rings is 1. The highest BCUT2D eigenvalue weighted by molar-refractivity contribution is 5.76. The summed E-state index contributed by atoms with van der Waals surface area (Å²) >= 11 is 0. The van der Waals surface area contributed by atoms with Crippen LogP contribution in [0.15, 0.2) is 48.5 Å². The van der Waals surface area contributed by atoms with Gasteiger partial charge in [0.1, 0.15) is 5.82 Å². The van der Waals surface area contributed by atoms with Gasteiger partial charge in [-0.1, -0.05) is 30.3 Å². The van der Waals surface area contributed by atoms with Crippen molar-refractivity contribution in [3.05, 3.63) is 59.9 Å². The maximum absolute atomic E-state index is 4.74. The molecule has 0 aliphatic heterocycles. The predicted octanol–water partition coefficient (Wildman–Crippen LogP) is 4.05. The van der Waals surface area contributed by atoms with Crippen molar-refractivity contribution in [3.8, 4) is 0 Å². The summed E-state index contributed by atoms with van der Waals surface area (Å²) in [4.78, 5) is 4.74. The smallest absolute Gasteiger partial charge is 0.131 e. The molecule has 1 N–H and O–H groups in total. The van der Waals surface area contributed by atoms with E-state index in [1.807, 2.05) is 12.1 Å². The first-order valence-corrected chi connectivity index (χ1v) is 6.90. The van der Waals surface area contributed by atoms with Crippen molar-refractivity contribution in [2.75, 3.05) is 5.32 Å². The van der Waals surface area contributed by atoms with E-state index in [9.17, 15) is 0 Å². The first-order chi connectivity index (χ1) is 9.66. The summed E-state index contributed by atoms with van der Waals surface area (Å²) in [5, 5.41) is 3.54. The largest absolute Gasteiger partial charge is 0.375 e. The van der Waals surface area contributed by atoms with E-state index in [-0.39, 0.29) is 6.04 Å². The van der Waals surface area contributed by atoms with Crippen LogP contribution in [0, 0.1) is 6.92 Å². The molecule has 3 nitrogen and oxygen atoms in total. The maximum atomic E-state index is 4.74. The van der Waals surface area contributed by atoms with Crippen LogP contribution in [0.25, 0.3) is 11.0 Å². The number of aromatic nitrogens is 2. The quantitative estimate of drug-likeness (QED) is 0.774. The SMILES string of the molecule is Cc1ccccc1NC(C)c1nc2ccccc2n1C. The molecule has 0 fully saturated rings. The lowest BCUT2D eigenvalue weighted by atomic mass is 10.2. The lowest BCUT2D eigenvalue weighted by Gasteiger charge is -2.16. The van der Waals surface area contributed by atoms with Crippen molar-refractivity contribution in [1.29, 1.82) is 0 Å². The molecule has 1 unspecified atom stereocenters. The van der Waals surface area contributed by atoms with Gasteiger partial charge in [-0.15, -0.1) is 0 Å². The number of hydrogen-bond donors (Lipinski definition) is 1. The normalized spacial score (nSPS) is 12.6. The molecule has 0 bridgehead atoms. The number of rotatable bonds is 3. The van der Waals surface area contributed by atoms with Gasteiger partial charge in [0.2, 0.25) is 0 Å². The van der Waals surface area contributed by atoms with E-state index in [0.29, 0.717) is 0 Å². The summed E-state index contributed by atoms with van der Waals surface area (Å²) in [5.74, 6) is 1.05. The van der Waals surface area contributed by atoms with Crippen LogP contribution in [0.2, 0.25) is 0 Å². The van der Waals surface area contributed by atoms with Crippen molar-refractivity contribution < 1.29 is 0 Å². The second-order valence-corrected chi connectivity index (χ2v) is 5.20. The van der Waals surface area contributed by atoms with Crippen LogP contribution in [0.1, 0.15) is 24.4 Å². The molecule has 0 aliphatic rings. The Morgan fingerprint density at radius 2 is 1.75 bits per heavy atom. The number of aryl methyl sites for hydroxylation is 2. The molecule has 1 atom stereocenters. The summed E-state index contributed by atoms with van der Waals surface area (Å²) in [6.07, 6.45) is 0. The molecule has 1 heterocycles. The summed E-state index contributed by atoms with van der Waals surface area (Å²) < 4.78 is 2.16. The molecule has 3 heteroatoms. The number of nitrogens with one attached hydrogen (secondary N) is 1. The minimum absolute atomic E-state index is 0.161. The van der Waals surface area contributed by atoms with Crippen LogP contribution in [-0.4, -0.2) is 9.55 Å². The average Bonchev–Trinajstić information content (AvgIpc) is 2.79. The molecule has 102 valence electrons. The third-order valence-corrected chi connectivity index (χ3v) is 3.73. The number of fused-ring (bicyclic) bond motifs is 1. The second kappa shape index (κ2) is 5.00. The first kappa shape index (κ1) is 12.7. The Labute approximate surface area is 119 Å². The Balaban J connectivity index is 1.95. The highest BCUT2D eigenvalue weighted by atomic mass is 15.1. The predicted molar refractivity (Wildman–Crippen MR) is 83.9 cm³/mol. The summed E-state index contributed by atoms with van der Waals surface area (Å²) in [6, 6.07) is 16.7. The van der Waals surface area contributed by atoms with Gasteiger partial charge in [0.25, 0.3) is 0 Å². The molecule has 0 saturated carbocycles. The van der Waals surface area contributed by atoms with Crippen LogP contribution >= 0.6 is 0 Å². The van der Waals surface area contributed by atoms with Crippen LogP contribution < -0.4 is 5.32 Å². The number of benzene rings is 2. The Morgan fingerprint density at radius 1 is 1.05 bits per heavy atom. The summed E-state index contributed by atoms with van der Waals surface area (Å²) in [7, 11) is 2.07. The van der Waals surface area contributed by atoms with E-state index in [1.54, 1.807) is 0 Å². The molecule has 0 spiro atoms. The van der Waals surface area contributed by atoms with Crippen molar-refractivity contribution in [3.63, 3.8) is 0 Å². The highest BCUT2D eigenvalue weighted by Gasteiger charge is 2.14. The first-order valence-electron chi connectivity index (χ1n) is 6.90. The van der Waals surface area contributed by atoms with E-state index in [1.165, 1.54) is 11.1 Å². The lowest BCUT2D eigenvalue weighted by molar-refractivity contribution is 0.733. The summed E-state index contributed by atoms with van der Waals surface area (Å²) in [6.45, 7) is 4.26. The van der Waals surface area contributed by atoms with E-state index in [0.717, 1.165) is 17.0 Å². The Bertz CT molecular complexity index is 743. The zero-order valence-corrected chi connectivity index (χ0v) is 12.1. The number of hydrogen-bond acceptors (Lipinski definition) is 2. The van der Waals surface area contributed by atoms with Crippen molar-refractivity contribution >= 4 is 16.7 Å². The third kappa shape index (κ3) is 2.16. The molecular weight excluding hydrogens is 246 g/mol. The molecule has 0 radical (unpaired) electrons. The van der Waals surface area contributed by atoms with Gasteiger partial charge in [0, 0.05) is 12.7 Å². The fourth-order valence-corrected chi connectivity index (χ4v) is 2.58. The van der Waals surface area contributed by atoms with E-state index >= 15 is 0 Å². The number of nitrogens with zero attached hydrogens (tertiary/aromatic N) is 2. The van der Waals surface area contributed by atoms with E-state index < -0.39 is 0 Å². The average molecular weight is 265 g/mol. The molecule has 0 saturated heterocycles. The zero-order valence-electron chi connectivity index (χ0n) is 12.1. The minimum atomic E-state index is 0.161. The fraction of sp³-hybridized carbons (Fsp3) is 0.235. The minimum Gasteiger partial charge on any atom is -0.375 e. The molecule has 1 aromatic heterocycles. The third-order valence-electron chi connectivity index (χ3n) is 3.73. The zero-order chi connectivity index (χ0) is 14.1. The molecule has 0 aliphatic carbocycles. The monoisotopic (exact) mass is 265 g/mol. The fourth-order valence-electron chi connectivity index (χ4n) is 2.58. The Hall–Kier alpha value is -2.29. The second-order valence-electron chi connectivity index (χ2n) is 5.20. The molecule has 2 aromatic carbocycles. The Kier molecular flexibility index (Phi) is 3.18. The maximum Gasteiger partial charge on any atom is 0.131 e. The van der Waals surface area contributed by atoms with Crippen molar-refractivity contribution in [2.45, 2.75) is 19.9 Å². The van der Waals surface area contributed by atoms with Gasteiger partial charge in [0.15, 0.2) is 0 Å². The molecular formula is C17H19N3. The van der Waals surface area contributed by atoms with Gasteiger partial charge in [-0.3, -0.25) is 0 Å². The van der Waals surface area contributed by atoms with Gasteiger partial charge < -0.3 is 9.88 Å². The molecule has 3 rings (SSSR count). The lowest BCUT2D eigenvalue weighted by Crippen LogP contribution is -2.12. The molecule has 3 aromatic rings. The van der Waals surface area contributed by atoms with E-state index in [4.69, 9.17) is 4.98 Å². The topological polar surface area (TPSA) is 29.9 Å². The van der Waals surface area contributed by atoms with Gasteiger partial charge in [-0.05, 0) is 37.6 Å². The Morgan fingerprint density at radius 3 is 2.50 bits per heavy atom. The molecule has 0 amide bonds. The standard InChI is InChI=1S/C17H19N3/c1-12-8-4-5-9-14(12)18-13(2)17-19-15-10-6-7-11-16(15)20(17)3/h4-11,13,18H,1-3H3. The van der Waals surface area contributed by atoms with Crippen LogP contribution in [0.5, 0.6) is 0 Å². The van der Waals surface area contributed by atoms with Crippen LogP contribution in [-0.2, 0) is 7.05 Å². The van der Waals surface area contributed by atoms with Crippen molar-refractivity contribution in [2.24, 2.45) is 7.05 Å². The number of para-hydroxylation sites is 3. The highest BCUT2D eigenvalue weighted by Crippen LogP contribution is 2.24. The number of anilines is 1. The van der Waals surface area contributed by atoms with E-state index in [2.05, 4.69) is 67.2 Å². The van der Waals surface area contributed by atoms with Crippen molar-refractivity contribution in [1.82, 2.24) is 9.55 Å². The van der Waals surface area contributed by atoms with Gasteiger partial charge >= 0.3 is 0 Å². The van der Waals surface area contributed by atoms with Gasteiger partial charge in [-0.25, -0.2) is 4.98 Å².